The molecule has 0 saturated carbocycles. The number of likely N-dealkylation sites (N-methyl/N-ethyl adjacent to an activating group) is 1. The number of rotatable bonds is 10. The average Bonchev–Trinajstić information content (AvgIpc) is 2.64. The van der Waals surface area contributed by atoms with Crippen molar-refractivity contribution in [2.24, 2.45) is 11.1 Å². The van der Waals surface area contributed by atoms with Crippen LogP contribution in [0.5, 0.6) is 5.75 Å². The van der Waals surface area contributed by atoms with E-state index in [0.717, 1.165) is 0 Å². The number of hydrogen-bond acceptors (Lipinski definition) is 4. The fourth-order valence-corrected chi connectivity index (χ4v) is 2.95. The third-order valence-corrected chi connectivity index (χ3v) is 5.18. The van der Waals surface area contributed by atoms with Gasteiger partial charge in [-0.15, -0.1) is 12.4 Å². The van der Waals surface area contributed by atoms with Crippen LogP contribution in [0.4, 0.5) is 5.69 Å². The molecule has 0 fully saturated rings. The first-order valence-electron chi connectivity index (χ1n) is 9.09. The van der Waals surface area contributed by atoms with Crippen LogP contribution in [0.15, 0.2) is 18.2 Å². The molecule has 0 radical (unpaired) electrons. The van der Waals surface area contributed by atoms with Gasteiger partial charge in [-0.05, 0) is 44.9 Å². The Hall–Kier alpha value is -1.50. The first-order chi connectivity index (χ1) is 12.4. The van der Waals surface area contributed by atoms with Gasteiger partial charge in [-0.2, -0.15) is 0 Å². The molecule has 0 unspecified atom stereocenters. The topological polar surface area (TPSA) is 84.7 Å². The molecule has 27 heavy (non-hydrogen) atoms. The zero-order valence-electron chi connectivity index (χ0n) is 16.5. The van der Waals surface area contributed by atoms with Crippen LogP contribution in [-0.2, 0) is 9.59 Å². The molecule has 2 amide bonds. The first-order valence-corrected chi connectivity index (χ1v) is 9.46. The summed E-state index contributed by atoms with van der Waals surface area (Å²) in [7, 11) is 0. The second kappa shape index (κ2) is 12.1. The molecule has 154 valence electrons. The maximum Gasteiger partial charge on any atom is 0.260 e. The van der Waals surface area contributed by atoms with E-state index in [0.29, 0.717) is 42.4 Å². The number of halogens is 2. The number of benzene rings is 1. The Balaban J connectivity index is 0.00000676. The van der Waals surface area contributed by atoms with E-state index in [-0.39, 0.29) is 37.4 Å². The van der Waals surface area contributed by atoms with Crippen LogP contribution in [0.3, 0.4) is 0 Å². The Labute approximate surface area is 173 Å². The van der Waals surface area contributed by atoms with E-state index in [1.165, 1.54) is 0 Å². The maximum atomic E-state index is 12.6. The molecule has 0 saturated heterocycles. The Morgan fingerprint density at radius 1 is 1.19 bits per heavy atom. The predicted octanol–water partition coefficient (Wildman–Crippen LogP) is 3.71. The standard InChI is InChI=1S/C19H30ClN3O3.ClH/c1-5-19(6-2,13-21)18(25)22-14-9-10-16(15(20)11-14)26-12-17(24)23(7-3)8-4;/h9-11H,5-8,12-13,21H2,1-4H3,(H,22,25);1H. The summed E-state index contributed by atoms with van der Waals surface area (Å²) in [6.07, 6.45) is 1.32. The highest BCUT2D eigenvalue weighted by Crippen LogP contribution is 2.30. The van der Waals surface area contributed by atoms with Crippen molar-refractivity contribution < 1.29 is 14.3 Å². The summed E-state index contributed by atoms with van der Waals surface area (Å²) in [5.41, 5.74) is 5.80. The Kier molecular flexibility index (Phi) is 11.4. The molecule has 1 aromatic rings. The molecule has 6 nitrogen and oxygen atoms in total. The van der Waals surface area contributed by atoms with Crippen molar-refractivity contribution in [3.63, 3.8) is 0 Å². The van der Waals surface area contributed by atoms with E-state index in [1.807, 2.05) is 27.7 Å². The summed E-state index contributed by atoms with van der Waals surface area (Å²) in [4.78, 5) is 26.3. The molecule has 0 aliphatic heterocycles. The van der Waals surface area contributed by atoms with Crippen LogP contribution in [-0.4, -0.2) is 43.0 Å². The van der Waals surface area contributed by atoms with Gasteiger partial charge in [0, 0.05) is 25.3 Å². The van der Waals surface area contributed by atoms with Crippen molar-refractivity contribution in [3.8, 4) is 5.75 Å². The summed E-state index contributed by atoms with van der Waals surface area (Å²) >= 11 is 6.23. The number of carbonyl (C=O) groups is 2. The molecule has 0 aliphatic rings. The largest absolute Gasteiger partial charge is 0.482 e. The van der Waals surface area contributed by atoms with E-state index in [1.54, 1.807) is 23.1 Å². The number of nitrogens with zero attached hydrogens (tertiary/aromatic N) is 1. The Morgan fingerprint density at radius 2 is 1.78 bits per heavy atom. The van der Waals surface area contributed by atoms with Crippen LogP contribution in [0.25, 0.3) is 0 Å². The van der Waals surface area contributed by atoms with Gasteiger partial charge in [-0.3, -0.25) is 9.59 Å². The van der Waals surface area contributed by atoms with Gasteiger partial charge in [0.25, 0.3) is 5.91 Å². The van der Waals surface area contributed by atoms with Gasteiger partial charge in [0.2, 0.25) is 5.91 Å². The molecule has 3 N–H and O–H groups in total. The molecule has 0 bridgehead atoms. The number of nitrogens with one attached hydrogen (secondary N) is 1. The number of amides is 2. The lowest BCUT2D eigenvalue weighted by Crippen LogP contribution is -2.41. The van der Waals surface area contributed by atoms with E-state index in [9.17, 15) is 9.59 Å². The lowest BCUT2D eigenvalue weighted by molar-refractivity contribution is -0.133. The van der Waals surface area contributed by atoms with Crippen molar-refractivity contribution in [2.45, 2.75) is 40.5 Å². The molecular formula is C19H31Cl2N3O3. The highest BCUT2D eigenvalue weighted by atomic mass is 35.5. The van der Waals surface area contributed by atoms with Crippen molar-refractivity contribution in [1.29, 1.82) is 0 Å². The van der Waals surface area contributed by atoms with Crippen molar-refractivity contribution >= 4 is 41.5 Å². The fourth-order valence-electron chi connectivity index (χ4n) is 2.72. The third-order valence-electron chi connectivity index (χ3n) is 4.88. The van der Waals surface area contributed by atoms with Crippen molar-refractivity contribution in [3.05, 3.63) is 23.2 Å². The van der Waals surface area contributed by atoms with Crippen LogP contribution in [0.1, 0.15) is 40.5 Å². The Bertz CT molecular complexity index is 610. The summed E-state index contributed by atoms with van der Waals surface area (Å²) in [5, 5.41) is 3.21. The molecule has 0 aliphatic carbocycles. The monoisotopic (exact) mass is 419 g/mol. The number of ether oxygens (including phenoxy) is 1. The lowest BCUT2D eigenvalue weighted by atomic mass is 9.81. The maximum absolute atomic E-state index is 12.6. The van der Waals surface area contributed by atoms with Crippen LogP contribution in [0.2, 0.25) is 5.02 Å². The second-order valence-electron chi connectivity index (χ2n) is 6.15. The van der Waals surface area contributed by atoms with Gasteiger partial charge in [0.05, 0.1) is 10.4 Å². The normalized spacial score (nSPS) is 10.7. The minimum atomic E-state index is -0.585. The summed E-state index contributed by atoms with van der Waals surface area (Å²) in [6.45, 7) is 9.22. The minimum absolute atomic E-state index is 0. The van der Waals surface area contributed by atoms with Gasteiger partial charge in [0.1, 0.15) is 5.75 Å². The van der Waals surface area contributed by atoms with Crippen LogP contribution >= 0.6 is 24.0 Å². The summed E-state index contributed by atoms with van der Waals surface area (Å²) in [6, 6.07) is 4.96. The molecular weight excluding hydrogens is 389 g/mol. The summed E-state index contributed by atoms with van der Waals surface area (Å²) < 4.78 is 5.52. The zero-order chi connectivity index (χ0) is 19.7. The average molecular weight is 420 g/mol. The molecule has 0 atom stereocenters. The molecule has 0 spiro atoms. The fraction of sp³-hybridized carbons (Fsp3) is 0.579. The molecule has 8 heteroatoms. The molecule has 0 heterocycles. The predicted molar refractivity (Wildman–Crippen MR) is 113 cm³/mol. The SMILES string of the molecule is CCN(CC)C(=O)COc1ccc(NC(=O)C(CC)(CC)CN)cc1Cl.Cl. The second-order valence-corrected chi connectivity index (χ2v) is 6.55. The lowest BCUT2D eigenvalue weighted by Gasteiger charge is -2.28. The molecule has 0 aromatic heterocycles. The quantitative estimate of drug-likeness (QED) is 0.604. The van der Waals surface area contributed by atoms with Crippen LogP contribution < -0.4 is 15.8 Å². The highest BCUT2D eigenvalue weighted by Gasteiger charge is 2.33. The van der Waals surface area contributed by atoms with Crippen LogP contribution in [0, 0.1) is 5.41 Å². The van der Waals surface area contributed by atoms with E-state index >= 15 is 0 Å². The number of carbonyl (C=O) groups excluding carboxylic acids is 2. The number of anilines is 1. The van der Waals surface area contributed by atoms with Gasteiger partial charge >= 0.3 is 0 Å². The number of hydrogen-bond donors (Lipinski definition) is 2. The summed E-state index contributed by atoms with van der Waals surface area (Å²) in [5.74, 6) is 0.190. The van der Waals surface area contributed by atoms with E-state index in [2.05, 4.69) is 5.32 Å². The van der Waals surface area contributed by atoms with E-state index in [4.69, 9.17) is 22.1 Å². The van der Waals surface area contributed by atoms with Crippen molar-refractivity contribution in [1.82, 2.24) is 4.90 Å². The van der Waals surface area contributed by atoms with Gasteiger partial charge in [-0.25, -0.2) is 0 Å². The van der Waals surface area contributed by atoms with E-state index < -0.39 is 5.41 Å². The molecule has 1 rings (SSSR count). The smallest absolute Gasteiger partial charge is 0.260 e. The number of nitrogens with two attached hydrogens (primary N) is 1. The van der Waals surface area contributed by atoms with Gasteiger partial charge < -0.3 is 20.7 Å². The third kappa shape index (κ3) is 6.55. The molecule has 1 aromatic carbocycles. The van der Waals surface area contributed by atoms with Gasteiger partial charge in [0.15, 0.2) is 6.61 Å². The Morgan fingerprint density at radius 3 is 2.22 bits per heavy atom. The van der Waals surface area contributed by atoms with Gasteiger partial charge in [-0.1, -0.05) is 25.4 Å². The minimum Gasteiger partial charge on any atom is -0.482 e. The highest BCUT2D eigenvalue weighted by molar-refractivity contribution is 6.32. The zero-order valence-corrected chi connectivity index (χ0v) is 18.1. The van der Waals surface area contributed by atoms with Crippen molar-refractivity contribution in [2.75, 3.05) is 31.6 Å². The first kappa shape index (κ1) is 25.5.